The number of furan rings is 1. The Bertz CT molecular complexity index is 715. The fourth-order valence-corrected chi connectivity index (χ4v) is 2.99. The maximum absolute atomic E-state index is 5.92. The third-order valence-corrected chi connectivity index (χ3v) is 4.32. The minimum absolute atomic E-state index is 0.692. The molecule has 0 radical (unpaired) electrons. The number of ether oxygens (including phenoxy) is 1. The van der Waals surface area contributed by atoms with Crippen molar-refractivity contribution >= 4 is 16.9 Å². The van der Waals surface area contributed by atoms with Crippen molar-refractivity contribution in [3.63, 3.8) is 0 Å². The van der Waals surface area contributed by atoms with Crippen molar-refractivity contribution in [2.24, 2.45) is 4.99 Å². The first-order valence-electron chi connectivity index (χ1n) is 8.99. The molecule has 0 spiro atoms. The highest BCUT2D eigenvalue weighted by atomic mass is 16.5. The molecule has 2 heterocycles. The smallest absolute Gasteiger partial charge is 0.194 e. The van der Waals surface area contributed by atoms with Crippen LogP contribution in [0.5, 0.6) is 0 Å². The Morgan fingerprint density at radius 3 is 2.96 bits per heavy atom. The number of guanidine groups is 1. The van der Waals surface area contributed by atoms with Crippen LogP contribution in [0, 0.1) is 0 Å². The number of hydrogen-bond donors (Lipinski definition) is 1. The zero-order valence-electron chi connectivity index (χ0n) is 15.1. The second-order valence-corrected chi connectivity index (χ2v) is 6.28. The summed E-state index contributed by atoms with van der Waals surface area (Å²) >= 11 is 0. The van der Waals surface area contributed by atoms with E-state index in [1.54, 1.807) is 0 Å². The number of para-hydroxylation sites is 1. The number of aliphatic imine (C=N–C) groups is 1. The van der Waals surface area contributed by atoms with Crippen molar-refractivity contribution in [1.29, 1.82) is 0 Å². The fourth-order valence-electron chi connectivity index (χ4n) is 2.99. The molecule has 0 saturated carbocycles. The first-order chi connectivity index (χ1) is 12.3. The van der Waals surface area contributed by atoms with Gasteiger partial charge in [0.25, 0.3) is 0 Å². The van der Waals surface area contributed by atoms with E-state index in [1.807, 2.05) is 25.2 Å². The quantitative estimate of drug-likeness (QED) is 0.496. The van der Waals surface area contributed by atoms with E-state index in [0.29, 0.717) is 6.54 Å². The summed E-state index contributed by atoms with van der Waals surface area (Å²) in [5.41, 5.74) is 2.38. The Hall–Kier alpha value is -2.27. The average Bonchev–Trinajstić information content (AvgIpc) is 3.04. The zero-order chi connectivity index (χ0) is 17.5. The van der Waals surface area contributed by atoms with Gasteiger partial charge in [0.1, 0.15) is 11.3 Å². The molecule has 0 unspecified atom stereocenters. The monoisotopic (exact) mass is 341 g/mol. The summed E-state index contributed by atoms with van der Waals surface area (Å²) in [4.78, 5) is 6.88. The lowest BCUT2D eigenvalue weighted by atomic mass is 10.1. The number of nitrogens with one attached hydrogen (secondary N) is 1. The van der Waals surface area contributed by atoms with Crippen LogP contribution in [-0.4, -0.2) is 44.2 Å². The van der Waals surface area contributed by atoms with Crippen LogP contribution in [0.15, 0.2) is 51.4 Å². The van der Waals surface area contributed by atoms with Crippen molar-refractivity contribution in [1.82, 2.24) is 10.2 Å². The van der Waals surface area contributed by atoms with Crippen LogP contribution >= 0.6 is 0 Å². The number of hydrogen-bond acceptors (Lipinski definition) is 3. The lowest BCUT2D eigenvalue weighted by Crippen LogP contribution is -2.38. The molecule has 0 saturated heterocycles. The van der Waals surface area contributed by atoms with Crippen LogP contribution in [0.3, 0.4) is 0 Å². The summed E-state index contributed by atoms with van der Waals surface area (Å²) < 4.78 is 11.3. The Morgan fingerprint density at radius 1 is 1.32 bits per heavy atom. The molecule has 0 aliphatic carbocycles. The Labute approximate surface area is 149 Å². The third-order valence-electron chi connectivity index (χ3n) is 4.32. The molecule has 0 atom stereocenters. The summed E-state index contributed by atoms with van der Waals surface area (Å²) in [5.74, 6) is 1.86. The topological polar surface area (TPSA) is 50.0 Å². The van der Waals surface area contributed by atoms with Gasteiger partial charge in [0.15, 0.2) is 5.96 Å². The molecule has 0 amide bonds. The predicted octanol–water partition coefficient (Wildman–Crippen LogP) is 3.57. The van der Waals surface area contributed by atoms with E-state index in [1.165, 1.54) is 5.57 Å². The first kappa shape index (κ1) is 17.5. The fraction of sp³-hybridized carbons (Fsp3) is 0.450. The highest BCUT2D eigenvalue weighted by molar-refractivity contribution is 5.80. The average molecular weight is 341 g/mol. The van der Waals surface area contributed by atoms with Gasteiger partial charge < -0.3 is 19.4 Å². The molecule has 1 aromatic heterocycles. The summed E-state index contributed by atoms with van der Waals surface area (Å²) in [6, 6.07) is 10.2. The van der Waals surface area contributed by atoms with Crippen molar-refractivity contribution < 1.29 is 9.15 Å². The van der Waals surface area contributed by atoms with Crippen molar-refractivity contribution in [3.05, 3.63) is 47.7 Å². The van der Waals surface area contributed by atoms with E-state index in [4.69, 9.17) is 14.1 Å². The van der Waals surface area contributed by atoms with Gasteiger partial charge in [-0.05, 0) is 31.9 Å². The Morgan fingerprint density at radius 2 is 2.20 bits per heavy atom. The normalized spacial score (nSPS) is 15.3. The minimum Gasteiger partial charge on any atom is -0.459 e. The molecule has 0 fully saturated rings. The molecule has 5 nitrogen and oxygen atoms in total. The molecule has 25 heavy (non-hydrogen) atoms. The van der Waals surface area contributed by atoms with Gasteiger partial charge in [-0.2, -0.15) is 0 Å². The largest absolute Gasteiger partial charge is 0.459 e. The summed E-state index contributed by atoms with van der Waals surface area (Å²) in [6.07, 6.45) is 4.21. The standard InChI is InChI=1S/C20H27N3O2/c1-3-21-20(22-11-8-16-9-12-24-13-10-16)23(2)15-18-14-17-6-4-5-7-19(17)25-18/h4-7,9,14H,3,8,10-13,15H2,1-2H3,(H,21,22). The maximum atomic E-state index is 5.92. The number of rotatable bonds is 6. The second kappa shape index (κ2) is 8.72. The minimum atomic E-state index is 0.692. The molecule has 1 aliphatic rings. The van der Waals surface area contributed by atoms with Gasteiger partial charge in [0.05, 0.1) is 19.8 Å². The third kappa shape index (κ3) is 4.86. The SMILES string of the molecule is CCNC(=NCCC1=CCOCC1)N(C)Cc1cc2ccccc2o1. The van der Waals surface area contributed by atoms with Crippen LogP contribution in [0.4, 0.5) is 0 Å². The van der Waals surface area contributed by atoms with E-state index in [9.17, 15) is 0 Å². The van der Waals surface area contributed by atoms with Gasteiger partial charge in [0.2, 0.25) is 0 Å². The van der Waals surface area contributed by atoms with E-state index < -0.39 is 0 Å². The summed E-state index contributed by atoms with van der Waals surface area (Å²) in [6.45, 7) is 5.99. The zero-order valence-corrected chi connectivity index (χ0v) is 15.1. The van der Waals surface area contributed by atoms with Gasteiger partial charge in [-0.3, -0.25) is 4.99 Å². The highest BCUT2D eigenvalue weighted by Gasteiger charge is 2.10. The molecule has 1 N–H and O–H groups in total. The van der Waals surface area contributed by atoms with Crippen LogP contribution in [-0.2, 0) is 11.3 Å². The van der Waals surface area contributed by atoms with Gasteiger partial charge in [-0.1, -0.05) is 29.8 Å². The van der Waals surface area contributed by atoms with Crippen LogP contribution in [0.2, 0.25) is 0 Å². The molecule has 3 rings (SSSR count). The van der Waals surface area contributed by atoms with E-state index >= 15 is 0 Å². The van der Waals surface area contributed by atoms with Crippen LogP contribution < -0.4 is 5.32 Å². The Kier molecular flexibility index (Phi) is 6.12. The van der Waals surface area contributed by atoms with Crippen molar-refractivity contribution in [2.75, 3.05) is 33.4 Å². The Balaban J connectivity index is 1.61. The van der Waals surface area contributed by atoms with Gasteiger partial charge in [0, 0.05) is 25.5 Å². The number of benzene rings is 1. The van der Waals surface area contributed by atoms with E-state index in [0.717, 1.165) is 61.8 Å². The molecule has 5 heteroatoms. The lowest BCUT2D eigenvalue weighted by Gasteiger charge is -2.21. The van der Waals surface area contributed by atoms with Crippen LogP contribution in [0.1, 0.15) is 25.5 Å². The van der Waals surface area contributed by atoms with Gasteiger partial charge in [-0.25, -0.2) is 0 Å². The maximum Gasteiger partial charge on any atom is 0.194 e. The van der Waals surface area contributed by atoms with Crippen molar-refractivity contribution in [2.45, 2.75) is 26.3 Å². The molecule has 0 bridgehead atoms. The molecule has 2 aromatic rings. The van der Waals surface area contributed by atoms with Gasteiger partial charge >= 0.3 is 0 Å². The molecule has 1 aliphatic heterocycles. The van der Waals surface area contributed by atoms with Crippen LogP contribution in [0.25, 0.3) is 11.0 Å². The second-order valence-electron chi connectivity index (χ2n) is 6.28. The number of nitrogens with zero attached hydrogens (tertiary/aromatic N) is 2. The molecular formula is C20H27N3O2. The van der Waals surface area contributed by atoms with E-state index in [2.05, 4.69) is 35.3 Å². The highest BCUT2D eigenvalue weighted by Crippen LogP contribution is 2.19. The first-order valence-corrected chi connectivity index (χ1v) is 8.99. The number of fused-ring (bicyclic) bond motifs is 1. The summed E-state index contributed by atoms with van der Waals surface area (Å²) in [5, 5.41) is 4.50. The van der Waals surface area contributed by atoms with Crippen molar-refractivity contribution in [3.8, 4) is 0 Å². The van der Waals surface area contributed by atoms with E-state index in [-0.39, 0.29) is 0 Å². The lowest BCUT2D eigenvalue weighted by molar-refractivity contribution is 0.153. The molecule has 1 aromatic carbocycles. The predicted molar refractivity (Wildman–Crippen MR) is 102 cm³/mol. The molecular weight excluding hydrogens is 314 g/mol. The molecule has 134 valence electrons. The van der Waals surface area contributed by atoms with Gasteiger partial charge in [-0.15, -0.1) is 0 Å². The summed E-state index contributed by atoms with van der Waals surface area (Å²) in [7, 11) is 2.04.